The predicted octanol–water partition coefficient (Wildman–Crippen LogP) is 3.44. The van der Waals surface area contributed by atoms with E-state index >= 15 is 0 Å². The van der Waals surface area contributed by atoms with Gasteiger partial charge in [0.05, 0.1) is 5.56 Å². The van der Waals surface area contributed by atoms with Crippen LogP contribution in [0.25, 0.3) is 10.9 Å². The summed E-state index contributed by atoms with van der Waals surface area (Å²) < 4.78 is 18.3. The summed E-state index contributed by atoms with van der Waals surface area (Å²) in [6, 6.07) is 5.99. The Kier molecular flexibility index (Phi) is 2.30. The number of fused-ring (bicyclic) bond motifs is 1. The third-order valence-electron chi connectivity index (χ3n) is 2.88. The van der Waals surface area contributed by atoms with E-state index in [0.29, 0.717) is 22.3 Å². The van der Waals surface area contributed by atoms with Crippen molar-refractivity contribution in [1.82, 2.24) is 4.98 Å². The minimum absolute atomic E-state index is 0.177. The number of aromatic nitrogens is 1. The fourth-order valence-corrected chi connectivity index (χ4v) is 2.00. The molecule has 90 valence electrons. The second kappa shape index (κ2) is 3.84. The Morgan fingerprint density at radius 3 is 2.89 bits per heavy atom. The Morgan fingerprint density at radius 2 is 2.17 bits per heavy atom. The number of aromatic amines is 1. The number of benzene rings is 1. The van der Waals surface area contributed by atoms with Gasteiger partial charge < -0.3 is 9.40 Å². The lowest BCUT2D eigenvalue weighted by Gasteiger charge is -1.96. The van der Waals surface area contributed by atoms with Crippen LogP contribution < -0.4 is 0 Å². The SMILES string of the molecule is Cc1cc(C(=O)c2c[nH]c3ccc(F)cc23)co1. The third-order valence-corrected chi connectivity index (χ3v) is 2.88. The zero-order valence-electron chi connectivity index (χ0n) is 9.66. The van der Waals surface area contributed by atoms with Gasteiger partial charge in [0.25, 0.3) is 0 Å². The highest BCUT2D eigenvalue weighted by Crippen LogP contribution is 2.22. The standard InChI is InChI=1S/C14H10FNO2/c1-8-4-9(7-18-8)14(17)12-6-16-13-3-2-10(15)5-11(12)13/h2-7,16H,1H3. The van der Waals surface area contributed by atoms with Gasteiger partial charge in [0, 0.05) is 22.7 Å². The van der Waals surface area contributed by atoms with Crippen molar-refractivity contribution in [3.63, 3.8) is 0 Å². The van der Waals surface area contributed by atoms with Gasteiger partial charge in [-0.15, -0.1) is 0 Å². The number of nitrogens with one attached hydrogen (secondary N) is 1. The van der Waals surface area contributed by atoms with Gasteiger partial charge >= 0.3 is 0 Å². The molecule has 0 aliphatic rings. The summed E-state index contributed by atoms with van der Waals surface area (Å²) in [5, 5.41) is 0.582. The maximum Gasteiger partial charge on any atom is 0.198 e. The van der Waals surface area contributed by atoms with E-state index in [-0.39, 0.29) is 11.6 Å². The number of halogens is 1. The second-order valence-electron chi connectivity index (χ2n) is 4.17. The van der Waals surface area contributed by atoms with Crippen LogP contribution in [0.2, 0.25) is 0 Å². The Hall–Kier alpha value is -2.36. The molecule has 0 amide bonds. The Morgan fingerprint density at radius 1 is 1.33 bits per heavy atom. The highest BCUT2D eigenvalue weighted by molar-refractivity contribution is 6.16. The van der Waals surface area contributed by atoms with Gasteiger partial charge in [0.15, 0.2) is 5.78 Å². The zero-order valence-corrected chi connectivity index (χ0v) is 9.66. The van der Waals surface area contributed by atoms with E-state index in [1.54, 1.807) is 25.3 Å². The maximum absolute atomic E-state index is 13.2. The summed E-state index contributed by atoms with van der Waals surface area (Å²) in [6.07, 6.45) is 3.00. The molecule has 0 bridgehead atoms. The summed E-state index contributed by atoms with van der Waals surface area (Å²) in [5.41, 5.74) is 1.66. The van der Waals surface area contributed by atoms with E-state index in [1.165, 1.54) is 18.4 Å². The summed E-state index contributed by atoms with van der Waals surface area (Å²) >= 11 is 0. The molecule has 0 saturated heterocycles. The van der Waals surface area contributed by atoms with Crippen LogP contribution in [0, 0.1) is 12.7 Å². The van der Waals surface area contributed by atoms with E-state index in [2.05, 4.69) is 4.98 Å². The third kappa shape index (κ3) is 1.62. The Balaban J connectivity index is 2.14. The number of ketones is 1. The average molecular weight is 243 g/mol. The molecule has 0 unspecified atom stereocenters. The number of H-pyrrole nitrogens is 1. The number of aryl methyl sites for hydroxylation is 1. The van der Waals surface area contributed by atoms with Gasteiger partial charge in [0.2, 0.25) is 0 Å². The van der Waals surface area contributed by atoms with Crippen molar-refractivity contribution in [3.05, 3.63) is 59.4 Å². The summed E-state index contributed by atoms with van der Waals surface area (Å²) in [6.45, 7) is 1.77. The monoisotopic (exact) mass is 243 g/mol. The Bertz CT molecular complexity index is 739. The van der Waals surface area contributed by atoms with Crippen molar-refractivity contribution in [2.45, 2.75) is 6.92 Å². The van der Waals surface area contributed by atoms with Crippen LogP contribution >= 0.6 is 0 Å². The minimum atomic E-state index is -0.362. The average Bonchev–Trinajstić information content (AvgIpc) is 2.94. The van der Waals surface area contributed by atoms with Crippen LogP contribution in [-0.4, -0.2) is 10.8 Å². The van der Waals surface area contributed by atoms with Crippen LogP contribution in [0.5, 0.6) is 0 Å². The van der Waals surface area contributed by atoms with E-state index in [1.807, 2.05) is 0 Å². The van der Waals surface area contributed by atoms with Gasteiger partial charge in [-0.1, -0.05) is 0 Å². The van der Waals surface area contributed by atoms with Crippen molar-refractivity contribution >= 4 is 16.7 Å². The summed E-state index contributed by atoms with van der Waals surface area (Å²) in [5.74, 6) is 0.132. The number of carbonyl (C=O) groups is 1. The van der Waals surface area contributed by atoms with Gasteiger partial charge in [-0.25, -0.2) is 4.39 Å². The number of hydrogen-bond acceptors (Lipinski definition) is 2. The highest BCUT2D eigenvalue weighted by atomic mass is 19.1. The van der Waals surface area contributed by atoms with Crippen molar-refractivity contribution in [2.75, 3.05) is 0 Å². The lowest BCUT2D eigenvalue weighted by Crippen LogP contribution is -1.98. The lowest BCUT2D eigenvalue weighted by atomic mass is 10.0. The molecule has 0 atom stereocenters. The molecule has 0 aliphatic heterocycles. The molecule has 1 N–H and O–H groups in total. The first kappa shape index (κ1) is 10.8. The van der Waals surface area contributed by atoms with Gasteiger partial charge in [0.1, 0.15) is 17.8 Å². The molecule has 0 fully saturated rings. The fourth-order valence-electron chi connectivity index (χ4n) is 2.00. The smallest absolute Gasteiger partial charge is 0.198 e. The van der Waals surface area contributed by atoms with E-state index in [4.69, 9.17) is 4.42 Å². The highest BCUT2D eigenvalue weighted by Gasteiger charge is 2.16. The molecule has 3 nitrogen and oxygen atoms in total. The first-order valence-electron chi connectivity index (χ1n) is 5.51. The first-order chi connectivity index (χ1) is 8.65. The molecule has 0 aliphatic carbocycles. The molecule has 0 spiro atoms. The largest absolute Gasteiger partial charge is 0.469 e. The van der Waals surface area contributed by atoms with Crippen molar-refractivity contribution in [2.24, 2.45) is 0 Å². The van der Waals surface area contributed by atoms with Crippen LogP contribution in [0.15, 0.2) is 41.1 Å². The van der Waals surface area contributed by atoms with E-state index < -0.39 is 0 Å². The van der Waals surface area contributed by atoms with Crippen LogP contribution in [0.4, 0.5) is 4.39 Å². The fraction of sp³-hybridized carbons (Fsp3) is 0.0714. The molecular formula is C14H10FNO2. The molecule has 1 aromatic carbocycles. The van der Waals surface area contributed by atoms with Crippen molar-refractivity contribution in [3.8, 4) is 0 Å². The van der Waals surface area contributed by atoms with Crippen molar-refractivity contribution < 1.29 is 13.6 Å². The van der Waals surface area contributed by atoms with E-state index in [9.17, 15) is 9.18 Å². The van der Waals surface area contributed by atoms with Crippen LogP contribution in [-0.2, 0) is 0 Å². The number of hydrogen-bond donors (Lipinski definition) is 1. The van der Waals surface area contributed by atoms with Crippen LogP contribution in [0.3, 0.4) is 0 Å². The summed E-state index contributed by atoms with van der Waals surface area (Å²) in [4.78, 5) is 15.2. The van der Waals surface area contributed by atoms with E-state index in [0.717, 1.165) is 5.52 Å². The Labute approximate surface area is 102 Å². The molecule has 18 heavy (non-hydrogen) atoms. The minimum Gasteiger partial charge on any atom is -0.469 e. The summed E-state index contributed by atoms with van der Waals surface area (Å²) in [7, 11) is 0. The van der Waals surface area contributed by atoms with Crippen molar-refractivity contribution in [1.29, 1.82) is 0 Å². The second-order valence-corrected chi connectivity index (χ2v) is 4.17. The quantitative estimate of drug-likeness (QED) is 0.701. The molecular weight excluding hydrogens is 233 g/mol. The van der Waals surface area contributed by atoms with Gasteiger partial charge in [-0.2, -0.15) is 0 Å². The lowest BCUT2D eigenvalue weighted by molar-refractivity contribution is 0.103. The maximum atomic E-state index is 13.2. The molecule has 4 heteroatoms. The number of carbonyl (C=O) groups excluding carboxylic acids is 1. The topological polar surface area (TPSA) is 46.0 Å². The molecule has 0 radical (unpaired) electrons. The molecule has 0 saturated carbocycles. The molecule has 3 rings (SSSR count). The normalized spacial score (nSPS) is 11.0. The van der Waals surface area contributed by atoms with Crippen LogP contribution in [0.1, 0.15) is 21.7 Å². The molecule has 2 aromatic heterocycles. The first-order valence-corrected chi connectivity index (χ1v) is 5.51. The molecule has 2 heterocycles. The number of furan rings is 1. The predicted molar refractivity (Wildman–Crippen MR) is 65.1 cm³/mol. The van der Waals surface area contributed by atoms with Gasteiger partial charge in [-0.3, -0.25) is 4.79 Å². The molecule has 3 aromatic rings. The zero-order chi connectivity index (χ0) is 12.7. The number of rotatable bonds is 2. The van der Waals surface area contributed by atoms with Gasteiger partial charge in [-0.05, 0) is 31.2 Å².